The van der Waals surface area contributed by atoms with E-state index in [1.54, 1.807) is 7.05 Å². The maximum atomic E-state index is 12.0. The highest BCUT2D eigenvalue weighted by atomic mass is 16.2. The van der Waals surface area contributed by atoms with E-state index in [1.165, 1.54) is 49.2 Å². The summed E-state index contributed by atoms with van der Waals surface area (Å²) in [6.45, 7) is 3.93. The first-order valence-electron chi connectivity index (χ1n) is 8.44. The third-order valence-corrected chi connectivity index (χ3v) is 4.29. The number of likely N-dealkylation sites (tertiary alicyclic amines) is 1. The van der Waals surface area contributed by atoms with Crippen LogP contribution in [0.4, 0.5) is 0 Å². The first-order valence-corrected chi connectivity index (χ1v) is 8.44. The Kier molecular flexibility index (Phi) is 6.54. The van der Waals surface area contributed by atoms with E-state index >= 15 is 0 Å². The van der Waals surface area contributed by atoms with Crippen molar-refractivity contribution in [2.45, 2.75) is 25.7 Å². The van der Waals surface area contributed by atoms with Crippen molar-refractivity contribution in [2.75, 3.05) is 26.2 Å². The molecule has 2 heterocycles. The van der Waals surface area contributed by atoms with Gasteiger partial charge in [0.05, 0.1) is 5.56 Å². The quantitative estimate of drug-likeness (QED) is 0.591. The molecule has 1 N–H and O–H groups in total. The minimum Gasteiger partial charge on any atom is -0.353 e. The fourth-order valence-electron chi connectivity index (χ4n) is 2.87. The van der Waals surface area contributed by atoms with E-state index in [1.807, 2.05) is 0 Å². The highest BCUT2D eigenvalue weighted by Crippen LogP contribution is 2.08. The number of amides is 1. The number of hydrogen-bond donors (Lipinski definition) is 1. The van der Waals surface area contributed by atoms with Gasteiger partial charge >= 0.3 is 5.69 Å². The Hall–Kier alpha value is -2.15. The molecule has 1 fully saturated rings. The lowest BCUT2D eigenvalue weighted by Gasteiger charge is -2.26. The zero-order valence-electron chi connectivity index (χ0n) is 14.5. The van der Waals surface area contributed by atoms with E-state index in [-0.39, 0.29) is 11.6 Å². The van der Waals surface area contributed by atoms with Gasteiger partial charge in [0.25, 0.3) is 5.56 Å². The Bertz CT molecular complexity index is 712. The summed E-state index contributed by atoms with van der Waals surface area (Å²) >= 11 is 0. The number of carbonyl (C=O) groups is 1. The molecule has 7 heteroatoms. The lowest BCUT2D eigenvalue weighted by Crippen LogP contribution is -2.37. The smallest absolute Gasteiger partial charge is 0.330 e. The summed E-state index contributed by atoms with van der Waals surface area (Å²) < 4.78 is 2.34. The Balaban J connectivity index is 1.81. The van der Waals surface area contributed by atoms with Gasteiger partial charge < -0.3 is 14.8 Å². The number of hydrogen-bond acceptors (Lipinski definition) is 4. The minimum absolute atomic E-state index is 0.232. The summed E-state index contributed by atoms with van der Waals surface area (Å²) in [5.74, 6) is -0.232. The van der Waals surface area contributed by atoms with Crippen LogP contribution < -0.4 is 16.6 Å². The van der Waals surface area contributed by atoms with Gasteiger partial charge in [-0.15, -0.1) is 0 Å². The summed E-state index contributed by atoms with van der Waals surface area (Å²) in [5.41, 5.74) is -0.491. The van der Waals surface area contributed by atoms with Crippen molar-refractivity contribution in [3.63, 3.8) is 0 Å². The molecule has 1 aromatic heterocycles. The van der Waals surface area contributed by atoms with Crippen molar-refractivity contribution in [1.82, 2.24) is 19.4 Å². The van der Waals surface area contributed by atoms with Crippen molar-refractivity contribution >= 4 is 12.0 Å². The number of aromatic nitrogens is 2. The summed E-state index contributed by atoms with van der Waals surface area (Å²) in [6.07, 6.45) is 8.99. The average molecular weight is 334 g/mol. The molecule has 2 rings (SSSR count). The number of carbonyl (C=O) groups excluding carboxylic acids is 1. The van der Waals surface area contributed by atoms with Gasteiger partial charge in [-0.05, 0) is 45.0 Å². The topological polar surface area (TPSA) is 76.3 Å². The molecule has 0 radical (unpaired) electrons. The molecule has 0 saturated carbocycles. The van der Waals surface area contributed by atoms with E-state index < -0.39 is 5.56 Å². The van der Waals surface area contributed by atoms with E-state index in [9.17, 15) is 14.4 Å². The molecule has 0 unspecified atom stereocenters. The van der Waals surface area contributed by atoms with Crippen LogP contribution in [0.3, 0.4) is 0 Å². The SMILES string of the molecule is Cn1cc(/C=C/C(=O)NCCCN2CCCCC2)c(=O)n(C)c1=O. The molecule has 0 aliphatic carbocycles. The number of piperidine rings is 1. The minimum atomic E-state index is -0.410. The van der Waals surface area contributed by atoms with E-state index in [0.29, 0.717) is 12.1 Å². The van der Waals surface area contributed by atoms with Crippen molar-refractivity contribution in [2.24, 2.45) is 14.1 Å². The zero-order chi connectivity index (χ0) is 17.5. The summed E-state index contributed by atoms with van der Waals surface area (Å²) in [7, 11) is 2.99. The Morgan fingerprint density at radius 1 is 1.21 bits per heavy atom. The number of aryl methyl sites for hydroxylation is 1. The fourth-order valence-corrected chi connectivity index (χ4v) is 2.87. The van der Waals surface area contributed by atoms with Crippen LogP contribution in [0.25, 0.3) is 6.08 Å². The highest BCUT2D eigenvalue weighted by molar-refractivity contribution is 5.91. The van der Waals surface area contributed by atoms with Gasteiger partial charge in [0.2, 0.25) is 5.91 Å². The maximum absolute atomic E-state index is 12.0. The third-order valence-electron chi connectivity index (χ3n) is 4.29. The molecule has 1 aliphatic rings. The average Bonchev–Trinajstić information content (AvgIpc) is 2.59. The summed E-state index contributed by atoms with van der Waals surface area (Å²) in [6, 6.07) is 0. The largest absolute Gasteiger partial charge is 0.353 e. The molecule has 0 aromatic carbocycles. The van der Waals surface area contributed by atoms with Crippen molar-refractivity contribution < 1.29 is 4.79 Å². The Labute approximate surface area is 141 Å². The van der Waals surface area contributed by atoms with Crippen LogP contribution in [0.15, 0.2) is 21.9 Å². The molecule has 1 amide bonds. The second-order valence-corrected chi connectivity index (χ2v) is 6.22. The molecule has 0 spiro atoms. The van der Waals surface area contributed by atoms with Gasteiger partial charge in [0, 0.05) is 32.9 Å². The van der Waals surface area contributed by atoms with Crippen LogP contribution in [0.2, 0.25) is 0 Å². The number of rotatable bonds is 6. The predicted molar refractivity (Wildman–Crippen MR) is 93.9 cm³/mol. The molecule has 0 bridgehead atoms. The summed E-state index contributed by atoms with van der Waals surface area (Å²) in [4.78, 5) is 37.8. The van der Waals surface area contributed by atoms with Gasteiger partial charge in [-0.2, -0.15) is 0 Å². The van der Waals surface area contributed by atoms with Crippen LogP contribution in [-0.4, -0.2) is 46.1 Å². The first-order chi connectivity index (χ1) is 11.5. The lowest BCUT2D eigenvalue weighted by molar-refractivity contribution is -0.116. The molecule has 1 saturated heterocycles. The molecule has 7 nitrogen and oxygen atoms in total. The predicted octanol–water partition coefficient (Wildman–Crippen LogP) is 0.0894. The molecule has 24 heavy (non-hydrogen) atoms. The van der Waals surface area contributed by atoms with Gasteiger partial charge in [0.15, 0.2) is 0 Å². The molecule has 1 aliphatic heterocycles. The normalized spacial score (nSPS) is 15.8. The van der Waals surface area contributed by atoms with Crippen LogP contribution in [0, 0.1) is 0 Å². The third kappa shape index (κ3) is 4.92. The second kappa shape index (κ2) is 8.63. The number of nitrogens with zero attached hydrogens (tertiary/aromatic N) is 3. The van der Waals surface area contributed by atoms with E-state index in [2.05, 4.69) is 10.2 Å². The molecular weight excluding hydrogens is 308 g/mol. The molecule has 0 atom stereocenters. The Morgan fingerprint density at radius 2 is 1.92 bits per heavy atom. The first kappa shape index (κ1) is 18.2. The highest BCUT2D eigenvalue weighted by Gasteiger charge is 2.09. The monoisotopic (exact) mass is 334 g/mol. The standard InChI is InChI=1S/C17H26N4O3/c1-19-13-14(16(23)20(2)17(19)24)7-8-15(22)18-9-6-12-21-10-4-3-5-11-21/h7-8,13H,3-6,9-12H2,1-2H3,(H,18,22)/b8-7+. The summed E-state index contributed by atoms with van der Waals surface area (Å²) in [5, 5.41) is 2.82. The molecular formula is C17H26N4O3. The van der Waals surface area contributed by atoms with Crippen LogP contribution >= 0.6 is 0 Å². The van der Waals surface area contributed by atoms with Crippen LogP contribution in [0.5, 0.6) is 0 Å². The van der Waals surface area contributed by atoms with Gasteiger partial charge in [-0.25, -0.2) is 4.79 Å². The van der Waals surface area contributed by atoms with E-state index in [4.69, 9.17) is 0 Å². The van der Waals surface area contributed by atoms with Gasteiger partial charge in [-0.1, -0.05) is 6.42 Å². The second-order valence-electron chi connectivity index (χ2n) is 6.22. The molecule has 132 valence electrons. The molecule has 1 aromatic rings. The van der Waals surface area contributed by atoms with Crippen molar-refractivity contribution in [1.29, 1.82) is 0 Å². The van der Waals surface area contributed by atoms with Gasteiger partial charge in [0.1, 0.15) is 0 Å². The van der Waals surface area contributed by atoms with Crippen molar-refractivity contribution in [3.05, 3.63) is 38.7 Å². The fraction of sp³-hybridized carbons (Fsp3) is 0.588. The van der Waals surface area contributed by atoms with Crippen LogP contribution in [-0.2, 0) is 18.9 Å². The van der Waals surface area contributed by atoms with Crippen molar-refractivity contribution in [3.8, 4) is 0 Å². The number of nitrogens with one attached hydrogen (secondary N) is 1. The van der Waals surface area contributed by atoms with Gasteiger partial charge in [-0.3, -0.25) is 14.2 Å². The van der Waals surface area contributed by atoms with E-state index in [0.717, 1.165) is 30.6 Å². The maximum Gasteiger partial charge on any atom is 0.330 e. The Morgan fingerprint density at radius 3 is 2.62 bits per heavy atom. The van der Waals surface area contributed by atoms with Crippen LogP contribution in [0.1, 0.15) is 31.2 Å². The lowest BCUT2D eigenvalue weighted by atomic mass is 10.1. The zero-order valence-corrected chi connectivity index (χ0v) is 14.5.